The highest BCUT2D eigenvalue weighted by Crippen LogP contribution is 2.20. The predicted octanol–water partition coefficient (Wildman–Crippen LogP) is 6.44. The monoisotopic (exact) mass is 522 g/mol. The van der Waals surface area contributed by atoms with Crippen molar-refractivity contribution >= 4 is 35.2 Å². The first-order valence-corrected chi connectivity index (χ1v) is 13.9. The molecule has 0 aliphatic rings. The first-order valence-electron chi connectivity index (χ1n) is 12.4. The van der Waals surface area contributed by atoms with Crippen molar-refractivity contribution in [3.8, 4) is 0 Å². The zero-order valence-electron chi connectivity index (χ0n) is 21.2. The molecule has 0 saturated heterocycles. The van der Waals surface area contributed by atoms with E-state index in [1.54, 1.807) is 16.7 Å². The average Bonchev–Trinajstić information content (AvgIpc) is 2.87. The van der Waals surface area contributed by atoms with E-state index in [1.165, 1.54) is 11.1 Å². The maximum Gasteiger partial charge on any atom is 0.243 e. The van der Waals surface area contributed by atoms with Crippen LogP contribution in [0, 0.1) is 6.92 Å². The molecular formula is C30H35ClN2O2S. The van der Waals surface area contributed by atoms with Crippen molar-refractivity contribution in [2.24, 2.45) is 0 Å². The highest BCUT2D eigenvalue weighted by atomic mass is 35.5. The van der Waals surface area contributed by atoms with E-state index in [-0.39, 0.29) is 23.6 Å². The number of nitrogens with one attached hydrogen (secondary N) is 1. The smallest absolute Gasteiger partial charge is 0.243 e. The number of aryl methyl sites for hydroxylation is 1. The van der Waals surface area contributed by atoms with Gasteiger partial charge in [0, 0.05) is 29.8 Å². The van der Waals surface area contributed by atoms with Crippen LogP contribution in [0.25, 0.3) is 0 Å². The minimum atomic E-state index is -0.632. The van der Waals surface area contributed by atoms with Gasteiger partial charge in [-0.2, -0.15) is 0 Å². The number of halogens is 1. The molecule has 190 valence electrons. The Bertz CT molecular complexity index is 1120. The predicted molar refractivity (Wildman–Crippen MR) is 151 cm³/mol. The van der Waals surface area contributed by atoms with E-state index in [1.807, 2.05) is 68.4 Å². The summed E-state index contributed by atoms with van der Waals surface area (Å²) >= 11 is 7.81. The van der Waals surface area contributed by atoms with Crippen molar-refractivity contribution in [1.29, 1.82) is 0 Å². The molecule has 0 heterocycles. The van der Waals surface area contributed by atoms with Crippen molar-refractivity contribution in [3.05, 3.63) is 106 Å². The summed E-state index contributed by atoms with van der Waals surface area (Å²) in [6, 6.07) is 25.1. The summed E-state index contributed by atoms with van der Waals surface area (Å²) in [5.74, 6) is 0.829. The second-order valence-corrected chi connectivity index (χ2v) is 10.6. The maximum absolute atomic E-state index is 13.7. The third kappa shape index (κ3) is 8.72. The Morgan fingerprint density at radius 2 is 1.64 bits per heavy atom. The Morgan fingerprint density at radius 1 is 0.944 bits per heavy atom. The normalized spacial score (nSPS) is 12.6. The van der Waals surface area contributed by atoms with E-state index in [0.29, 0.717) is 18.0 Å². The van der Waals surface area contributed by atoms with Crippen LogP contribution in [0.5, 0.6) is 0 Å². The minimum absolute atomic E-state index is 0.0230. The number of nitrogens with zero attached hydrogens (tertiary/aromatic N) is 1. The lowest BCUT2D eigenvalue weighted by Crippen LogP contribution is -2.52. The molecule has 2 amide bonds. The summed E-state index contributed by atoms with van der Waals surface area (Å²) in [6.45, 7) is 6.40. The van der Waals surface area contributed by atoms with Crippen LogP contribution in [0.4, 0.5) is 0 Å². The fourth-order valence-corrected chi connectivity index (χ4v) is 4.93. The lowest BCUT2D eigenvalue weighted by molar-refractivity contribution is -0.139. The molecule has 0 spiro atoms. The summed E-state index contributed by atoms with van der Waals surface area (Å²) in [6.07, 6.45) is 1.26. The SMILES string of the molecule is CC[C@H](C)NC(=O)[C@@H](Cc1ccccc1)N(Cc1cccc(Cl)c1)C(=O)CSCc1ccc(C)cc1. The summed E-state index contributed by atoms with van der Waals surface area (Å²) in [5.41, 5.74) is 4.30. The molecule has 36 heavy (non-hydrogen) atoms. The van der Waals surface area contributed by atoms with Gasteiger partial charge < -0.3 is 10.2 Å². The summed E-state index contributed by atoms with van der Waals surface area (Å²) < 4.78 is 0. The van der Waals surface area contributed by atoms with Crippen molar-refractivity contribution in [1.82, 2.24) is 10.2 Å². The minimum Gasteiger partial charge on any atom is -0.352 e. The standard InChI is InChI=1S/C30H35ClN2O2S/c1-4-23(3)32-30(35)28(18-24-9-6-5-7-10-24)33(19-26-11-8-12-27(31)17-26)29(34)21-36-20-25-15-13-22(2)14-16-25/h5-17,23,28H,4,18-21H2,1-3H3,(H,32,35)/t23-,28+/m0/s1. The third-order valence-corrected chi connectivity index (χ3v) is 7.35. The second kappa shape index (κ2) is 14.1. The first-order chi connectivity index (χ1) is 17.4. The van der Waals surface area contributed by atoms with Crippen LogP contribution in [0.15, 0.2) is 78.9 Å². The van der Waals surface area contributed by atoms with Gasteiger partial charge in [0.15, 0.2) is 0 Å². The number of thioether (sulfide) groups is 1. The molecule has 0 fully saturated rings. The number of amides is 2. The molecule has 0 aliphatic carbocycles. The Hall–Kier alpha value is -2.76. The van der Waals surface area contributed by atoms with E-state index in [9.17, 15) is 9.59 Å². The van der Waals surface area contributed by atoms with Gasteiger partial charge in [0.25, 0.3) is 0 Å². The molecule has 0 saturated carbocycles. The number of benzene rings is 3. The van der Waals surface area contributed by atoms with Gasteiger partial charge in [-0.15, -0.1) is 11.8 Å². The van der Waals surface area contributed by atoms with Gasteiger partial charge in [0.2, 0.25) is 11.8 Å². The molecule has 6 heteroatoms. The number of hydrogen-bond acceptors (Lipinski definition) is 3. The molecule has 3 rings (SSSR count). The Balaban J connectivity index is 1.85. The van der Waals surface area contributed by atoms with Gasteiger partial charge in [-0.3, -0.25) is 9.59 Å². The molecule has 4 nitrogen and oxygen atoms in total. The van der Waals surface area contributed by atoms with Gasteiger partial charge in [-0.25, -0.2) is 0 Å². The molecule has 0 unspecified atom stereocenters. The fourth-order valence-electron chi connectivity index (χ4n) is 3.85. The topological polar surface area (TPSA) is 49.4 Å². The van der Waals surface area contributed by atoms with Gasteiger partial charge in [0.05, 0.1) is 5.75 Å². The quantitative estimate of drug-likeness (QED) is 0.298. The number of carbonyl (C=O) groups excluding carboxylic acids is 2. The third-order valence-electron chi connectivity index (χ3n) is 6.13. The molecule has 0 aromatic heterocycles. The lowest BCUT2D eigenvalue weighted by Gasteiger charge is -2.32. The molecule has 0 bridgehead atoms. The van der Waals surface area contributed by atoms with Crippen LogP contribution in [-0.4, -0.2) is 34.6 Å². The Morgan fingerprint density at radius 3 is 2.31 bits per heavy atom. The van der Waals surface area contributed by atoms with Gasteiger partial charge in [-0.1, -0.05) is 90.8 Å². The highest BCUT2D eigenvalue weighted by Gasteiger charge is 2.30. The largest absolute Gasteiger partial charge is 0.352 e. The van der Waals surface area contributed by atoms with Crippen LogP contribution >= 0.6 is 23.4 Å². The van der Waals surface area contributed by atoms with Crippen LogP contribution in [0.1, 0.15) is 42.5 Å². The van der Waals surface area contributed by atoms with Crippen LogP contribution in [-0.2, 0) is 28.3 Å². The van der Waals surface area contributed by atoms with Crippen molar-refractivity contribution in [2.45, 2.75) is 58.0 Å². The summed E-state index contributed by atoms with van der Waals surface area (Å²) in [5, 5.41) is 3.71. The van der Waals surface area contributed by atoms with E-state index in [0.717, 1.165) is 23.3 Å². The van der Waals surface area contributed by atoms with Crippen LogP contribution in [0.2, 0.25) is 5.02 Å². The van der Waals surface area contributed by atoms with Gasteiger partial charge in [-0.05, 0) is 49.1 Å². The number of carbonyl (C=O) groups is 2. The second-order valence-electron chi connectivity index (χ2n) is 9.15. The Labute approximate surface area is 224 Å². The molecule has 2 atom stereocenters. The molecule has 3 aromatic carbocycles. The summed E-state index contributed by atoms with van der Waals surface area (Å²) in [7, 11) is 0. The number of rotatable bonds is 12. The van der Waals surface area contributed by atoms with E-state index < -0.39 is 6.04 Å². The zero-order chi connectivity index (χ0) is 25.9. The zero-order valence-corrected chi connectivity index (χ0v) is 22.8. The van der Waals surface area contributed by atoms with Crippen molar-refractivity contribution in [3.63, 3.8) is 0 Å². The van der Waals surface area contributed by atoms with Crippen molar-refractivity contribution < 1.29 is 9.59 Å². The molecule has 1 N–H and O–H groups in total. The molecule has 0 radical (unpaired) electrons. The van der Waals surface area contributed by atoms with E-state index >= 15 is 0 Å². The van der Waals surface area contributed by atoms with Gasteiger partial charge in [0.1, 0.15) is 6.04 Å². The highest BCUT2D eigenvalue weighted by molar-refractivity contribution is 7.99. The fraction of sp³-hybridized carbons (Fsp3) is 0.333. The molecular weight excluding hydrogens is 488 g/mol. The van der Waals surface area contributed by atoms with E-state index in [4.69, 9.17) is 11.6 Å². The van der Waals surface area contributed by atoms with Gasteiger partial charge >= 0.3 is 0 Å². The molecule has 0 aliphatic heterocycles. The average molecular weight is 523 g/mol. The van der Waals surface area contributed by atoms with Crippen LogP contribution in [0.3, 0.4) is 0 Å². The van der Waals surface area contributed by atoms with Crippen molar-refractivity contribution in [2.75, 3.05) is 5.75 Å². The molecule has 3 aromatic rings. The summed E-state index contributed by atoms with van der Waals surface area (Å²) in [4.78, 5) is 28.9. The maximum atomic E-state index is 13.7. The Kier molecular flexibility index (Phi) is 10.9. The van der Waals surface area contributed by atoms with E-state index in [2.05, 4.69) is 36.5 Å². The lowest BCUT2D eigenvalue weighted by atomic mass is 10.0. The first kappa shape index (κ1) is 27.8. The number of hydrogen-bond donors (Lipinski definition) is 1. The van der Waals surface area contributed by atoms with Crippen LogP contribution < -0.4 is 5.32 Å².